The predicted molar refractivity (Wildman–Crippen MR) is 111 cm³/mol. The third kappa shape index (κ3) is 6.29. The molecule has 148 valence electrons. The van der Waals surface area contributed by atoms with Crippen LogP contribution in [0.15, 0.2) is 60.7 Å². The van der Waals surface area contributed by atoms with E-state index < -0.39 is 0 Å². The molecule has 0 spiro atoms. The maximum absolute atomic E-state index is 13.0. The molecule has 2 aromatic rings. The van der Waals surface area contributed by atoms with Gasteiger partial charge in [0.1, 0.15) is 5.82 Å². The molecule has 1 N–H and O–H groups in total. The Kier molecular flexibility index (Phi) is 7.34. The Bertz CT molecular complexity index is 768. The Morgan fingerprint density at radius 1 is 1.04 bits per heavy atom. The molecule has 0 radical (unpaired) electrons. The molecule has 1 unspecified atom stereocenters. The molecule has 1 saturated heterocycles. The Morgan fingerprint density at radius 3 is 2.36 bits per heavy atom. The van der Waals surface area contributed by atoms with Crippen LogP contribution < -0.4 is 5.32 Å². The molecule has 5 heteroatoms. The van der Waals surface area contributed by atoms with Gasteiger partial charge in [0.2, 0.25) is 5.91 Å². The van der Waals surface area contributed by atoms with E-state index in [2.05, 4.69) is 39.4 Å². The van der Waals surface area contributed by atoms with Gasteiger partial charge in [-0.2, -0.15) is 0 Å². The molecule has 0 saturated carbocycles. The smallest absolute Gasteiger partial charge is 0.234 e. The van der Waals surface area contributed by atoms with Gasteiger partial charge in [0.05, 0.1) is 12.6 Å². The van der Waals surface area contributed by atoms with Crippen molar-refractivity contribution in [3.8, 4) is 0 Å². The van der Waals surface area contributed by atoms with Crippen molar-refractivity contribution < 1.29 is 9.18 Å². The predicted octanol–water partition coefficient (Wildman–Crippen LogP) is 3.33. The van der Waals surface area contributed by atoms with Crippen LogP contribution in [0.1, 0.15) is 24.1 Å². The van der Waals surface area contributed by atoms with Crippen LogP contribution in [-0.4, -0.2) is 55.0 Å². The number of carbonyl (C=O) groups excluding carboxylic acids is 1. The molecule has 0 aromatic heterocycles. The molecule has 1 aliphatic heterocycles. The fourth-order valence-corrected chi connectivity index (χ4v) is 3.36. The van der Waals surface area contributed by atoms with Crippen molar-refractivity contribution in [2.24, 2.45) is 0 Å². The average Bonchev–Trinajstić information content (AvgIpc) is 2.70. The molecule has 0 aliphatic carbocycles. The summed E-state index contributed by atoms with van der Waals surface area (Å²) in [4.78, 5) is 16.9. The van der Waals surface area contributed by atoms with Gasteiger partial charge in [-0.1, -0.05) is 54.6 Å². The third-order valence-electron chi connectivity index (χ3n) is 5.05. The van der Waals surface area contributed by atoms with Crippen molar-refractivity contribution in [2.75, 3.05) is 39.3 Å². The number of halogens is 1. The van der Waals surface area contributed by atoms with E-state index in [0.29, 0.717) is 6.54 Å². The monoisotopic (exact) mass is 381 g/mol. The average molecular weight is 381 g/mol. The summed E-state index contributed by atoms with van der Waals surface area (Å²) in [6, 6.07) is 16.4. The van der Waals surface area contributed by atoms with E-state index in [1.165, 1.54) is 17.7 Å². The quantitative estimate of drug-likeness (QED) is 0.799. The van der Waals surface area contributed by atoms with Crippen LogP contribution >= 0.6 is 0 Å². The lowest BCUT2D eigenvalue weighted by atomic mass is 10.1. The van der Waals surface area contributed by atoms with Gasteiger partial charge in [-0.05, 0) is 30.2 Å². The van der Waals surface area contributed by atoms with Crippen LogP contribution in [0.3, 0.4) is 0 Å². The van der Waals surface area contributed by atoms with E-state index in [1.807, 2.05) is 25.1 Å². The van der Waals surface area contributed by atoms with Crippen molar-refractivity contribution in [3.63, 3.8) is 0 Å². The summed E-state index contributed by atoms with van der Waals surface area (Å²) < 4.78 is 13.0. The molecular formula is C23H28FN3O. The summed E-state index contributed by atoms with van der Waals surface area (Å²) in [5, 5.41) is 3.00. The van der Waals surface area contributed by atoms with Gasteiger partial charge in [-0.25, -0.2) is 4.39 Å². The second-order valence-electron chi connectivity index (χ2n) is 7.23. The zero-order chi connectivity index (χ0) is 19.8. The normalized spacial score (nSPS) is 16.9. The van der Waals surface area contributed by atoms with Gasteiger partial charge >= 0.3 is 0 Å². The lowest BCUT2D eigenvalue weighted by molar-refractivity contribution is -0.123. The van der Waals surface area contributed by atoms with Crippen LogP contribution in [-0.2, 0) is 4.79 Å². The highest BCUT2D eigenvalue weighted by Crippen LogP contribution is 2.13. The molecule has 1 fully saturated rings. The van der Waals surface area contributed by atoms with Gasteiger partial charge in [0.15, 0.2) is 0 Å². The molecule has 28 heavy (non-hydrogen) atoms. The van der Waals surface area contributed by atoms with Crippen molar-refractivity contribution in [3.05, 3.63) is 77.6 Å². The van der Waals surface area contributed by atoms with Gasteiger partial charge in [0.25, 0.3) is 0 Å². The zero-order valence-electron chi connectivity index (χ0n) is 16.4. The minimum absolute atomic E-state index is 0.00856. The first-order valence-corrected chi connectivity index (χ1v) is 9.81. The van der Waals surface area contributed by atoms with E-state index in [9.17, 15) is 9.18 Å². The van der Waals surface area contributed by atoms with Gasteiger partial charge in [-0.15, -0.1) is 0 Å². The number of piperazine rings is 1. The Labute approximate surface area is 166 Å². The highest BCUT2D eigenvalue weighted by molar-refractivity contribution is 5.78. The highest BCUT2D eigenvalue weighted by Gasteiger charge is 2.19. The van der Waals surface area contributed by atoms with Crippen molar-refractivity contribution in [1.29, 1.82) is 0 Å². The van der Waals surface area contributed by atoms with Crippen LogP contribution in [0.2, 0.25) is 0 Å². The summed E-state index contributed by atoms with van der Waals surface area (Å²) in [6.45, 7) is 6.94. The van der Waals surface area contributed by atoms with Crippen molar-refractivity contribution >= 4 is 12.0 Å². The number of nitrogens with zero attached hydrogens (tertiary/aromatic N) is 2. The first-order valence-electron chi connectivity index (χ1n) is 9.81. The Morgan fingerprint density at radius 2 is 1.68 bits per heavy atom. The summed E-state index contributed by atoms with van der Waals surface area (Å²) in [5.74, 6) is -0.256. The number of benzene rings is 2. The maximum atomic E-state index is 13.0. The summed E-state index contributed by atoms with van der Waals surface area (Å²) >= 11 is 0. The standard InChI is InChI=1S/C23H28FN3O/c1-19(21-9-11-22(24)12-10-21)25-23(28)18-27-16-14-26(15-17-27)13-5-8-20-6-3-2-4-7-20/h2-12,19H,13-18H2,1H3,(H,25,28)/b8-5+. The second-order valence-corrected chi connectivity index (χ2v) is 7.23. The molecule has 2 aromatic carbocycles. The fourth-order valence-electron chi connectivity index (χ4n) is 3.36. The zero-order valence-corrected chi connectivity index (χ0v) is 16.4. The summed E-state index contributed by atoms with van der Waals surface area (Å²) in [7, 11) is 0. The first-order chi connectivity index (χ1) is 13.6. The Hall–Kier alpha value is -2.50. The topological polar surface area (TPSA) is 35.6 Å². The van der Waals surface area contributed by atoms with Crippen molar-refractivity contribution in [2.45, 2.75) is 13.0 Å². The number of carbonyl (C=O) groups is 1. The van der Waals surface area contributed by atoms with Crippen LogP contribution in [0, 0.1) is 5.82 Å². The number of amides is 1. The van der Waals surface area contributed by atoms with Crippen LogP contribution in [0.4, 0.5) is 4.39 Å². The minimum atomic E-state index is -0.265. The molecule has 3 rings (SSSR count). The summed E-state index contributed by atoms with van der Waals surface area (Å²) in [6.07, 6.45) is 4.35. The SMILES string of the molecule is CC(NC(=O)CN1CCN(C/C=C/c2ccccc2)CC1)c1ccc(F)cc1. The Balaban J connectivity index is 1.37. The highest BCUT2D eigenvalue weighted by atomic mass is 19.1. The minimum Gasteiger partial charge on any atom is -0.348 e. The molecule has 1 heterocycles. The van der Waals surface area contributed by atoms with E-state index in [0.717, 1.165) is 38.3 Å². The largest absolute Gasteiger partial charge is 0.348 e. The number of rotatable bonds is 7. The maximum Gasteiger partial charge on any atom is 0.234 e. The van der Waals surface area contributed by atoms with Crippen molar-refractivity contribution in [1.82, 2.24) is 15.1 Å². The fraction of sp³-hybridized carbons (Fsp3) is 0.348. The van der Waals surface area contributed by atoms with Gasteiger partial charge < -0.3 is 5.32 Å². The second kappa shape index (κ2) is 10.2. The number of hydrogen-bond donors (Lipinski definition) is 1. The third-order valence-corrected chi connectivity index (χ3v) is 5.05. The molecule has 1 amide bonds. The molecule has 1 aliphatic rings. The van der Waals surface area contributed by atoms with E-state index in [4.69, 9.17) is 0 Å². The summed E-state index contributed by atoms with van der Waals surface area (Å²) in [5.41, 5.74) is 2.12. The number of hydrogen-bond acceptors (Lipinski definition) is 3. The van der Waals surface area contributed by atoms with Crippen LogP contribution in [0.5, 0.6) is 0 Å². The van der Waals surface area contributed by atoms with Gasteiger partial charge in [-0.3, -0.25) is 14.6 Å². The van der Waals surface area contributed by atoms with E-state index in [-0.39, 0.29) is 17.8 Å². The molecule has 0 bridgehead atoms. The molecule has 4 nitrogen and oxygen atoms in total. The first kappa shape index (κ1) is 20.2. The lowest BCUT2D eigenvalue weighted by Gasteiger charge is -2.33. The van der Waals surface area contributed by atoms with Gasteiger partial charge in [0, 0.05) is 32.7 Å². The number of nitrogens with one attached hydrogen (secondary N) is 1. The molecule has 1 atom stereocenters. The molecular weight excluding hydrogens is 353 g/mol. The lowest BCUT2D eigenvalue weighted by Crippen LogP contribution is -2.49. The van der Waals surface area contributed by atoms with E-state index in [1.54, 1.807) is 12.1 Å². The van der Waals surface area contributed by atoms with E-state index >= 15 is 0 Å². The van der Waals surface area contributed by atoms with Crippen LogP contribution in [0.25, 0.3) is 6.08 Å².